The van der Waals surface area contributed by atoms with E-state index in [-0.39, 0.29) is 37.0 Å². The largest absolute Gasteiger partial charge is 0.493 e. The maximum absolute atomic E-state index is 14.1. The minimum atomic E-state index is -0.464. The van der Waals surface area contributed by atoms with E-state index in [0.717, 1.165) is 6.54 Å². The molecule has 2 aromatic carbocycles. The molecule has 2 aromatic rings. The summed E-state index contributed by atoms with van der Waals surface area (Å²) in [5, 5.41) is 8.92. The molecule has 0 aliphatic carbocycles. The number of amides is 2. The Morgan fingerprint density at radius 1 is 1.16 bits per heavy atom. The van der Waals surface area contributed by atoms with Gasteiger partial charge in [-0.15, -0.1) is 0 Å². The molecule has 9 heteroatoms. The summed E-state index contributed by atoms with van der Waals surface area (Å²) >= 11 is 0. The Hall–Kier alpha value is -3.33. The van der Waals surface area contributed by atoms with Gasteiger partial charge in [-0.3, -0.25) is 9.59 Å². The number of fused-ring (bicyclic) bond motifs is 5. The first-order valence-electron chi connectivity index (χ1n) is 10.1. The minimum Gasteiger partial charge on any atom is -0.493 e. The molecule has 4 bridgehead atoms. The number of nitrogens with one attached hydrogen (secondary N) is 3. The van der Waals surface area contributed by atoms with Gasteiger partial charge >= 0.3 is 0 Å². The average molecular weight is 429 g/mol. The smallest absolute Gasteiger partial charge is 0.258 e. The Kier molecular flexibility index (Phi) is 6.22. The molecule has 2 amide bonds. The first-order valence-corrected chi connectivity index (χ1v) is 10.1. The van der Waals surface area contributed by atoms with Crippen molar-refractivity contribution in [2.45, 2.75) is 25.1 Å². The van der Waals surface area contributed by atoms with Crippen LogP contribution in [-0.4, -0.2) is 50.8 Å². The molecule has 2 heterocycles. The highest BCUT2D eigenvalue weighted by molar-refractivity contribution is 5.95. The first-order chi connectivity index (χ1) is 15.0. The molecule has 3 N–H and O–H groups in total. The lowest BCUT2D eigenvalue weighted by Gasteiger charge is -2.33. The number of carbonyl (C=O) groups is 2. The fourth-order valence-electron chi connectivity index (χ4n) is 3.66. The van der Waals surface area contributed by atoms with Crippen LogP contribution in [0.25, 0.3) is 0 Å². The molecule has 0 aromatic heterocycles. The first kappa shape index (κ1) is 20.9. The third kappa shape index (κ3) is 5.05. The molecule has 1 fully saturated rings. The highest BCUT2D eigenvalue weighted by atomic mass is 19.1. The van der Waals surface area contributed by atoms with Crippen LogP contribution in [0, 0.1) is 5.82 Å². The molecule has 0 radical (unpaired) electrons. The van der Waals surface area contributed by atoms with Crippen molar-refractivity contribution in [3.05, 3.63) is 53.3 Å². The van der Waals surface area contributed by atoms with E-state index in [1.807, 2.05) is 0 Å². The number of hydrogen-bond donors (Lipinski definition) is 3. The van der Waals surface area contributed by atoms with Gasteiger partial charge in [-0.2, -0.15) is 0 Å². The summed E-state index contributed by atoms with van der Waals surface area (Å²) < 4.78 is 31.0. The molecule has 2 aliphatic heterocycles. The van der Waals surface area contributed by atoms with Gasteiger partial charge in [-0.05, 0) is 48.9 Å². The van der Waals surface area contributed by atoms with E-state index in [2.05, 4.69) is 16.0 Å². The molecule has 0 spiro atoms. The molecule has 31 heavy (non-hydrogen) atoms. The van der Waals surface area contributed by atoms with Crippen molar-refractivity contribution >= 4 is 11.8 Å². The summed E-state index contributed by atoms with van der Waals surface area (Å²) in [5.74, 6) is -0.139. The summed E-state index contributed by atoms with van der Waals surface area (Å²) in [6.07, 6.45) is 0.307. The second-order valence-electron chi connectivity index (χ2n) is 7.46. The van der Waals surface area contributed by atoms with Crippen molar-refractivity contribution in [1.82, 2.24) is 16.0 Å². The van der Waals surface area contributed by atoms with Crippen LogP contribution in [-0.2, 0) is 11.3 Å². The topological polar surface area (TPSA) is 97.9 Å². The Balaban J connectivity index is 1.66. The number of piperidine rings is 1. The summed E-state index contributed by atoms with van der Waals surface area (Å²) in [6, 6.07) is 8.78. The van der Waals surface area contributed by atoms with E-state index >= 15 is 0 Å². The zero-order valence-corrected chi connectivity index (χ0v) is 17.1. The summed E-state index contributed by atoms with van der Waals surface area (Å²) in [6.45, 7) is 1.08. The number of carbonyl (C=O) groups excluding carboxylic acids is 2. The van der Waals surface area contributed by atoms with Gasteiger partial charge < -0.3 is 30.2 Å². The van der Waals surface area contributed by atoms with Gasteiger partial charge in [0.1, 0.15) is 17.7 Å². The molecular formula is C22H24FN3O5. The number of ether oxygens (including phenoxy) is 3. The predicted molar refractivity (Wildman–Crippen MR) is 110 cm³/mol. The van der Waals surface area contributed by atoms with Crippen LogP contribution in [0.3, 0.4) is 0 Å². The van der Waals surface area contributed by atoms with E-state index in [9.17, 15) is 14.0 Å². The van der Waals surface area contributed by atoms with E-state index < -0.39 is 11.7 Å². The van der Waals surface area contributed by atoms with Crippen LogP contribution in [0.1, 0.15) is 22.3 Å². The van der Waals surface area contributed by atoms with Crippen LogP contribution in [0.15, 0.2) is 36.4 Å². The lowest BCUT2D eigenvalue weighted by atomic mass is 10.0. The molecular weight excluding hydrogens is 405 g/mol. The van der Waals surface area contributed by atoms with Gasteiger partial charge in [-0.1, -0.05) is 0 Å². The van der Waals surface area contributed by atoms with Crippen LogP contribution in [0.2, 0.25) is 0 Å². The monoisotopic (exact) mass is 429 g/mol. The molecule has 2 aliphatic rings. The maximum atomic E-state index is 14.1. The Bertz CT molecular complexity index is 984. The van der Waals surface area contributed by atoms with Gasteiger partial charge in [0.25, 0.3) is 11.8 Å². The zero-order chi connectivity index (χ0) is 21.8. The fourth-order valence-corrected chi connectivity index (χ4v) is 3.66. The molecule has 1 saturated heterocycles. The molecule has 2 atom stereocenters. The fraction of sp³-hybridized carbons (Fsp3) is 0.364. The van der Waals surface area contributed by atoms with Gasteiger partial charge in [0.15, 0.2) is 18.1 Å². The van der Waals surface area contributed by atoms with E-state index in [4.69, 9.17) is 14.2 Å². The van der Waals surface area contributed by atoms with Crippen molar-refractivity contribution in [3.63, 3.8) is 0 Å². The molecule has 8 nitrogen and oxygen atoms in total. The van der Waals surface area contributed by atoms with Crippen molar-refractivity contribution in [2.75, 3.05) is 26.8 Å². The van der Waals surface area contributed by atoms with E-state index in [1.165, 1.54) is 25.3 Å². The Labute approximate surface area is 179 Å². The summed E-state index contributed by atoms with van der Waals surface area (Å²) in [4.78, 5) is 25.1. The lowest BCUT2D eigenvalue weighted by molar-refractivity contribution is -0.123. The van der Waals surface area contributed by atoms with Crippen molar-refractivity contribution in [1.29, 1.82) is 0 Å². The van der Waals surface area contributed by atoms with Crippen molar-refractivity contribution in [2.24, 2.45) is 0 Å². The highest BCUT2D eigenvalue weighted by Crippen LogP contribution is 2.28. The minimum absolute atomic E-state index is 0.125. The molecule has 0 saturated carbocycles. The van der Waals surface area contributed by atoms with Crippen LogP contribution in [0.4, 0.5) is 4.39 Å². The van der Waals surface area contributed by atoms with Crippen LogP contribution in [0.5, 0.6) is 17.2 Å². The van der Waals surface area contributed by atoms with Gasteiger partial charge in [-0.25, -0.2) is 4.39 Å². The van der Waals surface area contributed by atoms with E-state index in [0.29, 0.717) is 35.6 Å². The predicted octanol–water partition coefficient (Wildman–Crippen LogP) is 1.38. The Morgan fingerprint density at radius 2 is 2.03 bits per heavy atom. The quantitative estimate of drug-likeness (QED) is 0.634. The number of hydrogen-bond acceptors (Lipinski definition) is 6. The van der Waals surface area contributed by atoms with Crippen LogP contribution >= 0.6 is 0 Å². The maximum Gasteiger partial charge on any atom is 0.258 e. The third-order valence-electron chi connectivity index (χ3n) is 5.23. The number of methoxy groups -OCH3 is 1. The second-order valence-corrected chi connectivity index (χ2v) is 7.46. The van der Waals surface area contributed by atoms with Gasteiger partial charge in [0.2, 0.25) is 0 Å². The molecule has 4 rings (SSSR count). The van der Waals surface area contributed by atoms with Crippen LogP contribution < -0.4 is 30.2 Å². The summed E-state index contributed by atoms with van der Waals surface area (Å²) in [5.41, 5.74) is 0.921. The third-order valence-corrected chi connectivity index (χ3v) is 5.23. The van der Waals surface area contributed by atoms with Gasteiger partial charge in [0.05, 0.1) is 13.2 Å². The van der Waals surface area contributed by atoms with Gasteiger partial charge in [0, 0.05) is 24.7 Å². The number of benzene rings is 2. The zero-order valence-electron chi connectivity index (χ0n) is 17.1. The number of rotatable bonds is 1. The number of halogens is 1. The standard InChI is InChI=1S/C22H24FN3O5/c1-29-19-3-2-14-8-20(19)30-12-21(27)25-10-13-6-15(23)9-16(7-13)31-18-4-5-24-11-17(18)26-22(14)28/h2-3,6-9,17-18,24H,4-5,10-12H2,1H3,(H,25,27)(H,26,28)/t17-,18+/m0/s1. The molecule has 164 valence electrons. The SMILES string of the molecule is COc1ccc2cc1OCC(=O)NCc1cc(F)cc(c1)O[C@@H]1CCNC[C@@H]1NC2=O. The highest BCUT2D eigenvalue weighted by Gasteiger charge is 2.29. The lowest BCUT2D eigenvalue weighted by Crippen LogP contribution is -2.55. The van der Waals surface area contributed by atoms with E-state index in [1.54, 1.807) is 18.2 Å². The summed E-state index contributed by atoms with van der Waals surface area (Å²) in [7, 11) is 1.48. The normalized spacial score (nSPS) is 21.6. The second kappa shape index (κ2) is 9.22. The average Bonchev–Trinajstić information content (AvgIpc) is 2.76. The van der Waals surface area contributed by atoms with Crippen molar-refractivity contribution in [3.8, 4) is 17.2 Å². The molecule has 0 unspecified atom stereocenters. The van der Waals surface area contributed by atoms with Crippen molar-refractivity contribution < 1.29 is 28.2 Å². The Morgan fingerprint density at radius 3 is 2.87 bits per heavy atom.